The Morgan fingerprint density at radius 1 is 1.17 bits per heavy atom. The number of nitrogens with one attached hydrogen (secondary N) is 1. The molecule has 0 spiro atoms. The Kier molecular flexibility index (Phi) is 4.90. The van der Waals surface area contributed by atoms with Crippen molar-refractivity contribution in [2.45, 2.75) is 19.0 Å². The number of benzene rings is 2. The van der Waals surface area contributed by atoms with Gasteiger partial charge < -0.3 is 10.1 Å². The summed E-state index contributed by atoms with van der Waals surface area (Å²) in [6.45, 7) is 1.60. The Labute approximate surface area is 171 Å². The summed E-state index contributed by atoms with van der Waals surface area (Å²) < 4.78 is 18.4. The van der Waals surface area contributed by atoms with Crippen molar-refractivity contribution < 1.29 is 23.5 Å². The van der Waals surface area contributed by atoms with Crippen molar-refractivity contribution in [1.29, 1.82) is 0 Å². The zero-order valence-corrected chi connectivity index (χ0v) is 16.2. The lowest BCUT2D eigenvalue weighted by Gasteiger charge is -2.20. The number of nitrogens with zero attached hydrogens (tertiary/aromatic N) is 4. The zero-order chi connectivity index (χ0) is 21.4. The molecule has 1 saturated heterocycles. The highest BCUT2D eigenvalue weighted by atomic mass is 19.1. The molecule has 1 N–H and O–H groups in total. The van der Waals surface area contributed by atoms with Crippen LogP contribution in [0, 0.1) is 12.7 Å². The molecule has 0 saturated carbocycles. The third-order valence-corrected chi connectivity index (χ3v) is 4.88. The van der Waals surface area contributed by atoms with Crippen LogP contribution in [0.4, 0.5) is 15.8 Å². The summed E-state index contributed by atoms with van der Waals surface area (Å²) in [5, 5.41) is 11.6. The van der Waals surface area contributed by atoms with E-state index in [1.54, 1.807) is 12.1 Å². The second-order valence-corrected chi connectivity index (χ2v) is 6.93. The molecule has 0 unspecified atom stereocenters. The fraction of sp³-hybridized carbons (Fsp3) is 0.250. The van der Waals surface area contributed by atoms with E-state index in [-0.39, 0.29) is 12.2 Å². The Morgan fingerprint density at radius 2 is 1.90 bits per heavy atom. The average Bonchev–Trinajstić information content (AvgIpc) is 3.23. The molecule has 154 valence electrons. The zero-order valence-electron chi connectivity index (χ0n) is 16.2. The number of halogens is 1. The first-order valence-corrected chi connectivity index (χ1v) is 9.14. The van der Waals surface area contributed by atoms with Gasteiger partial charge >= 0.3 is 0 Å². The number of aryl methyl sites for hydroxylation is 1. The molecule has 10 heteroatoms. The van der Waals surface area contributed by atoms with Crippen molar-refractivity contribution in [1.82, 2.24) is 5.01 Å². The van der Waals surface area contributed by atoms with Crippen LogP contribution in [0.15, 0.2) is 52.8 Å². The number of carbonyl (C=O) groups is 3. The Balaban J connectivity index is 1.49. The van der Waals surface area contributed by atoms with E-state index in [2.05, 4.69) is 15.7 Å². The summed E-state index contributed by atoms with van der Waals surface area (Å²) in [6.07, 6.45) is 0. The summed E-state index contributed by atoms with van der Waals surface area (Å²) in [7, 11) is 1.49. The van der Waals surface area contributed by atoms with Crippen molar-refractivity contribution in [2.24, 2.45) is 10.3 Å². The van der Waals surface area contributed by atoms with Gasteiger partial charge in [0.2, 0.25) is 5.91 Å². The van der Waals surface area contributed by atoms with Crippen LogP contribution in [0.3, 0.4) is 0 Å². The fourth-order valence-electron chi connectivity index (χ4n) is 3.45. The van der Waals surface area contributed by atoms with Gasteiger partial charge in [-0.05, 0) is 48.9 Å². The SMILES string of the molecule is COc1ccc(C)cc1NC(=O)CN1N=N[C@H]2C(=O)N(c3ccc(F)cc3)C(=O)[C@@H]21. The lowest BCUT2D eigenvalue weighted by Crippen LogP contribution is -2.43. The molecule has 0 aromatic heterocycles. The minimum Gasteiger partial charge on any atom is -0.495 e. The molecule has 30 heavy (non-hydrogen) atoms. The molecule has 3 amide bonds. The molecule has 0 radical (unpaired) electrons. The van der Waals surface area contributed by atoms with Crippen LogP contribution in [0.2, 0.25) is 0 Å². The number of rotatable bonds is 5. The summed E-state index contributed by atoms with van der Waals surface area (Å²) in [6, 6.07) is 8.27. The third-order valence-electron chi connectivity index (χ3n) is 4.88. The summed E-state index contributed by atoms with van der Waals surface area (Å²) in [5.74, 6) is -1.57. The Hall–Kier alpha value is -3.82. The van der Waals surface area contributed by atoms with E-state index in [0.717, 1.165) is 22.6 Å². The van der Waals surface area contributed by atoms with E-state index in [0.29, 0.717) is 11.4 Å². The second-order valence-electron chi connectivity index (χ2n) is 6.93. The number of carbonyl (C=O) groups excluding carboxylic acids is 3. The number of hydrogen-bond donors (Lipinski definition) is 1. The maximum Gasteiger partial charge on any atom is 0.263 e. The largest absolute Gasteiger partial charge is 0.495 e. The molecule has 2 aliphatic rings. The highest BCUT2D eigenvalue weighted by molar-refractivity contribution is 6.25. The van der Waals surface area contributed by atoms with Gasteiger partial charge in [-0.3, -0.25) is 19.4 Å². The molecule has 2 atom stereocenters. The molecule has 9 nitrogen and oxygen atoms in total. The first-order chi connectivity index (χ1) is 14.4. The average molecular weight is 411 g/mol. The van der Waals surface area contributed by atoms with E-state index in [9.17, 15) is 18.8 Å². The van der Waals surface area contributed by atoms with Crippen molar-refractivity contribution in [2.75, 3.05) is 23.9 Å². The number of methoxy groups -OCH3 is 1. The predicted molar refractivity (Wildman–Crippen MR) is 104 cm³/mol. The molecule has 2 aromatic carbocycles. The van der Waals surface area contributed by atoms with Gasteiger partial charge in [-0.25, -0.2) is 9.29 Å². The van der Waals surface area contributed by atoms with E-state index >= 15 is 0 Å². The smallest absolute Gasteiger partial charge is 0.263 e. The molecular weight excluding hydrogens is 393 g/mol. The minimum absolute atomic E-state index is 0.241. The van der Waals surface area contributed by atoms with Gasteiger partial charge in [0.25, 0.3) is 11.8 Å². The van der Waals surface area contributed by atoms with Crippen LogP contribution in [-0.2, 0) is 14.4 Å². The minimum atomic E-state index is -1.04. The maximum atomic E-state index is 13.2. The van der Waals surface area contributed by atoms with Crippen molar-refractivity contribution >= 4 is 29.1 Å². The van der Waals surface area contributed by atoms with Gasteiger partial charge in [0.1, 0.15) is 18.1 Å². The monoisotopic (exact) mass is 411 g/mol. The van der Waals surface area contributed by atoms with E-state index in [1.807, 2.05) is 13.0 Å². The summed E-state index contributed by atoms with van der Waals surface area (Å²) >= 11 is 0. The van der Waals surface area contributed by atoms with Crippen molar-refractivity contribution in [3.63, 3.8) is 0 Å². The van der Waals surface area contributed by atoms with E-state index in [4.69, 9.17) is 4.74 Å². The fourth-order valence-corrected chi connectivity index (χ4v) is 3.45. The van der Waals surface area contributed by atoms with Gasteiger partial charge in [0.05, 0.1) is 18.5 Å². The predicted octanol–water partition coefficient (Wildman–Crippen LogP) is 2.07. The number of ether oxygens (including phenoxy) is 1. The van der Waals surface area contributed by atoms with Gasteiger partial charge in [-0.15, -0.1) is 0 Å². The molecule has 0 aliphatic carbocycles. The number of hydrogen-bond acceptors (Lipinski definition) is 7. The van der Waals surface area contributed by atoms with Crippen LogP contribution in [-0.4, -0.2) is 48.5 Å². The van der Waals surface area contributed by atoms with Gasteiger partial charge in [-0.2, -0.15) is 5.11 Å². The van der Waals surface area contributed by atoms with Crippen LogP contribution in [0.1, 0.15) is 5.56 Å². The highest BCUT2D eigenvalue weighted by Crippen LogP contribution is 2.32. The van der Waals surface area contributed by atoms with Crippen LogP contribution < -0.4 is 15.0 Å². The van der Waals surface area contributed by atoms with E-state index in [1.165, 1.54) is 24.3 Å². The number of anilines is 2. The quantitative estimate of drug-likeness (QED) is 0.759. The lowest BCUT2D eigenvalue weighted by molar-refractivity contribution is -0.123. The third kappa shape index (κ3) is 3.36. The molecule has 4 rings (SSSR count). The van der Waals surface area contributed by atoms with Crippen LogP contribution in [0.5, 0.6) is 5.75 Å². The first kappa shape index (κ1) is 19.5. The second kappa shape index (κ2) is 7.54. The number of fused-ring (bicyclic) bond motifs is 1. The highest BCUT2D eigenvalue weighted by Gasteiger charge is 2.55. The molecule has 2 aliphatic heterocycles. The van der Waals surface area contributed by atoms with Gasteiger partial charge in [0.15, 0.2) is 12.1 Å². The number of imide groups is 1. The Bertz CT molecular complexity index is 1060. The van der Waals surface area contributed by atoms with Crippen LogP contribution >= 0.6 is 0 Å². The molecule has 2 heterocycles. The van der Waals surface area contributed by atoms with E-state index < -0.39 is 35.6 Å². The molecular formula is C20H18FN5O4. The topological polar surface area (TPSA) is 104 Å². The Morgan fingerprint density at radius 3 is 2.60 bits per heavy atom. The van der Waals surface area contributed by atoms with Crippen molar-refractivity contribution in [3.05, 3.63) is 53.8 Å². The first-order valence-electron chi connectivity index (χ1n) is 9.14. The summed E-state index contributed by atoms with van der Waals surface area (Å²) in [4.78, 5) is 39.0. The maximum absolute atomic E-state index is 13.2. The standard InChI is InChI=1S/C20H18FN5O4/c1-11-3-8-15(30-2)14(9-11)22-16(27)10-25-18-17(23-24-25)19(28)26(20(18)29)13-6-4-12(21)5-7-13/h3-9,17-18H,10H2,1-2H3,(H,22,27)/t17-,18-/m1/s1. The van der Waals surface area contributed by atoms with Gasteiger partial charge in [0, 0.05) is 0 Å². The van der Waals surface area contributed by atoms with Crippen molar-refractivity contribution in [3.8, 4) is 5.75 Å². The van der Waals surface area contributed by atoms with Gasteiger partial charge in [-0.1, -0.05) is 11.3 Å². The summed E-state index contributed by atoms with van der Waals surface area (Å²) in [5.41, 5.74) is 1.65. The molecule has 2 aromatic rings. The lowest BCUT2D eigenvalue weighted by atomic mass is 10.1. The molecule has 0 bridgehead atoms. The van der Waals surface area contributed by atoms with Crippen LogP contribution in [0.25, 0.3) is 0 Å². The number of amides is 3. The normalized spacial score (nSPS) is 20.0. The molecule has 1 fully saturated rings.